The highest BCUT2D eigenvalue weighted by molar-refractivity contribution is 6.05. The molecule has 3 aromatic carbocycles. The zero-order valence-electron chi connectivity index (χ0n) is 19.7. The molecule has 0 saturated carbocycles. The third-order valence-electron chi connectivity index (χ3n) is 5.99. The predicted octanol–water partition coefficient (Wildman–Crippen LogP) is 4.13. The van der Waals surface area contributed by atoms with Crippen LogP contribution in [0.1, 0.15) is 27.6 Å². The van der Waals surface area contributed by atoms with E-state index in [0.717, 1.165) is 11.1 Å². The van der Waals surface area contributed by atoms with Gasteiger partial charge in [0.15, 0.2) is 0 Å². The molecule has 0 fully saturated rings. The van der Waals surface area contributed by atoms with Crippen LogP contribution in [-0.4, -0.2) is 32.5 Å². The van der Waals surface area contributed by atoms with Gasteiger partial charge in [0.1, 0.15) is 22.7 Å². The number of pyridine rings is 1. The van der Waals surface area contributed by atoms with Crippen molar-refractivity contribution in [2.75, 3.05) is 11.9 Å². The van der Waals surface area contributed by atoms with Crippen LogP contribution in [0.3, 0.4) is 0 Å². The van der Waals surface area contributed by atoms with Crippen molar-refractivity contribution in [3.05, 3.63) is 118 Å². The SMILES string of the molecule is O=C(NCc1ccc(F)cc1)c1cccc2[nH]c(-c3c(NCC(O)c4ccccc4)cc[nH]c3=O)nc12. The summed E-state index contributed by atoms with van der Waals surface area (Å²) in [6, 6.07) is 21.9. The zero-order valence-corrected chi connectivity index (χ0v) is 19.7. The van der Waals surface area contributed by atoms with Gasteiger partial charge in [-0.3, -0.25) is 9.59 Å². The molecule has 0 radical (unpaired) electrons. The number of aliphatic hydroxyl groups is 1. The third kappa shape index (κ3) is 5.26. The first kappa shape index (κ1) is 24.0. The van der Waals surface area contributed by atoms with Crippen molar-refractivity contribution < 1.29 is 14.3 Å². The number of carbonyl (C=O) groups excluding carboxylic acids is 1. The smallest absolute Gasteiger partial charge is 0.261 e. The molecule has 37 heavy (non-hydrogen) atoms. The van der Waals surface area contributed by atoms with Gasteiger partial charge in [-0.1, -0.05) is 48.5 Å². The average Bonchev–Trinajstić information content (AvgIpc) is 3.35. The maximum absolute atomic E-state index is 13.1. The van der Waals surface area contributed by atoms with Gasteiger partial charge in [0.2, 0.25) is 0 Å². The second kappa shape index (κ2) is 10.5. The van der Waals surface area contributed by atoms with Crippen LogP contribution in [-0.2, 0) is 6.54 Å². The molecule has 0 aliphatic carbocycles. The van der Waals surface area contributed by atoms with E-state index in [1.54, 1.807) is 36.4 Å². The van der Waals surface area contributed by atoms with Crippen molar-refractivity contribution in [2.45, 2.75) is 12.6 Å². The fourth-order valence-corrected chi connectivity index (χ4v) is 4.07. The van der Waals surface area contributed by atoms with Crippen LogP contribution in [0.15, 0.2) is 89.9 Å². The molecule has 1 amide bonds. The Kier molecular flexibility index (Phi) is 6.78. The minimum Gasteiger partial charge on any atom is -0.387 e. The summed E-state index contributed by atoms with van der Waals surface area (Å²) in [6.45, 7) is 0.403. The third-order valence-corrected chi connectivity index (χ3v) is 5.99. The van der Waals surface area contributed by atoms with Crippen molar-refractivity contribution in [1.82, 2.24) is 20.3 Å². The number of carbonyl (C=O) groups is 1. The van der Waals surface area contributed by atoms with E-state index in [4.69, 9.17) is 0 Å². The van der Waals surface area contributed by atoms with Crippen LogP contribution in [0.5, 0.6) is 0 Å². The number of halogens is 1. The van der Waals surface area contributed by atoms with E-state index in [1.165, 1.54) is 18.3 Å². The molecule has 0 aliphatic heterocycles. The number of nitrogens with one attached hydrogen (secondary N) is 4. The second-order valence-corrected chi connectivity index (χ2v) is 8.50. The fraction of sp³-hybridized carbons (Fsp3) is 0.107. The van der Waals surface area contributed by atoms with E-state index in [1.807, 2.05) is 30.3 Å². The summed E-state index contributed by atoms with van der Waals surface area (Å²) in [7, 11) is 0. The Labute approximate surface area is 211 Å². The van der Waals surface area contributed by atoms with Crippen LogP contribution in [0.4, 0.5) is 10.1 Å². The summed E-state index contributed by atoms with van der Waals surface area (Å²) < 4.78 is 13.1. The number of amides is 1. The number of imidazole rings is 1. The molecule has 5 aromatic rings. The largest absolute Gasteiger partial charge is 0.387 e. The molecule has 8 nitrogen and oxygen atoms in total. The van der Waals surface area contributed by atoms with Gasteiger partial charge in [0.25, 0.3) is 11.5 Å². The first-order chi connectivity index (χ1) is 18.0. The van der Waals surface area contributed by atoms with E-state index >= 15 is 0 Å². The first-order valence-corrected chi connectivity index (χ1v) is 11.7. The van der Waals surface area contributed by atoms with Crippen molar-refractivity contribution in [3.63, 3.8) is 0 Å². The number of hydrogen-bond acceptors (Lipinski definition) is 5. The quantitative estimate of drug-likeness (QED) is 0.221. The number of fused-ring (bicyclic) bond motifs is 1. The van der Waals surface area contributed by atoms with Crippen LogP contribution in [0.25, 0.3) is 22.4 Å². The topological polar surface area (TPSA) is 123 Å². The lowest BCUT2D eigenvalue weighted by atomic mass is 10.1. The number of H-pyrrole nitrogens is 2. The average molecular weight is 498 g/mol. The number of aromatic amines is 2. The lowest BCUT2D eigenvalue weighted by Gasteiger charge is -2.14. The van der Waals surface area contributed by atoms with Gasteiger partial charge >= 0.3 is 0 Å². The highest BCUT2D eigenvalue weighted by Crippen LogP contribution is 2.26. The predicted molar refractivity (Wildman–Crippen MR) is 140 cm³/mol. The maximum atomic E-state index is 13.1. The van der Waals surface area contributed by atoms with E-state index < -0.39 is 6.10 Å². The minimum atomic E-state index is -0.777. The summed E-state index contributed by atoms with van der Waals surface area (Å²) in [5.41, 5.74) is 3.21. The van der Waals surface area contributed by atoms with Crippen LogP contribution in [0.2, 0.25) is 0 Å². The molecule has 0 spiro atoms. The molecular weight excluding hydrogens is 473 g/mol. The van der Waals surface area contributed by atoms with Gasteiger partial charge in [0, 0.05) is 19.3 Å². The normalized spacial score (nSPS) is 11.8. The molecule has 2 heterocycles. The van der Waals surface area contributed by atoms with E-state index in [2.05, 4.69) is 25.6 Å². The van der Waals surface area contributed by atoms with Gasteiger partial charge < -0.3 is 25.7 Å². The number of rotatable bonds is 8. The first-order valence-electron chi connectivity index (χ1n) is 11.7. The van der Waals surface area contributed by atoms with E-state index in [-0.39, 0.29) is 41.8 Å². The molecule has 0 saturated heterocycles. The van der Waals surface area contributed by atoms with Crippen molar-refractivity contribution in [3.8, 4) is 11.4 Å². The van der Waals surface area contributed by atoms with Crippen molar-refractivity contribution in [1.29, 1.82) is 0 Å². The molecule has 5 N–H and O–H groups in total. The maximum Gasteiger partial charge on any atom is 0.261 e. The van der Waals surface area contributed by atoms with Gasteiger partial charge in [-0.2, -0.15) is 0 Å². The zero-order chi connectivity index (χ0) is 25.8. The lowest BCUT2D eigenvalue weighted by Crippen LogP contribution is -2.23. The standard InChI is InChI=1S/C28H24FN5O3/c29-19-11-9-17(10-12-19)15-32-27(36)20-7-4-8-22-25(20)34-26(33-22)24-21(13-14-30-28(24)37)31-16-23(35)18-5-2-1-3-6-18/h1-14,23,35H,15-16H2,(H,32,36)(H,33,34)(H2,30,31,37). The van der Waals surface area contributed by atoms with Gasteiger partial charge in [-0.05, 0) is 41.5 Å². The van der Waals surface area contributed by atoms with Gasteiger partial charge in [0.05, 0.1) is 22.9 Å². The Morgan fingerprint density at radius 1 is 1.00 bits per heavy atom. The molecule has 0 aliphatic rings. The molecule has 9 heteroatoms. The molecule has 0 bridgehead atoms. The lowest BCUT2D eigenvalue weighted by molar-refractivity contribution is 0.0952. The Hall–Kier alpha value is -4.76. The fourth-order valence-electron chi connectivity index (χ4n) is 4.07. The van der Waals surface area contributed by atoms with Crippen LogP contribution < -0.4 is 16.2 Å². The number of nitrogens with zero attached hydrogens (tertiary/aromatic N) is 1. The molecule has 1 unspecified atom stereocenters. The molecule has 1 atom stereocenters. The number of aliphatic hydroxyl groups excluding tert-OH is 1. The molecule has 186 valence electrons. The number of aromatic nitrogens is 3. The monoisotopic (exact) mass is 497 g/mol. The molecule has 5 rings (SSSR count). The van der Waals surface area contributed by atoms with Crippen molar-refractivity contribution in [2.24, 2.45) is 0 Å². The van der Waals surface area contributed by atoms with Crippen LogP contribution >= 0.6 is 0 Å². The minimum absolute atomic E-state index is 0.178. The number of hydrogen-bond donors (Lipinski definition) is 5. The summed E-state index contributed by atoms with van der Waals surface area (Å²) in [6.07, 6.45) is 0.737. The Balaban J connectivity index is 1.40. The summed E-state index contributed by atoms with van der Waals surface area (Å²) in [5.74, 6) is -0.408. The van der Waals surface area contributed by atoms with E-state index in [9.17, 15) is 19.1 Å². The summed E-state index contributed by atoms with van der Waals surface area (Å²) in [4.78, 5) is 36.1. The Bertz CT molecular complexity index is 1600. The highest BCUT2D eigenvalue weighted by Gasteiger charge is 2.19. The Morgan fingerprint density at radius 2 is 1.78 bits per heavy atom. The van der Waals surface area contributed by atoms with Gasteiger partial charge in [-0.25, -0.2) is 9.37 Å². The number of benzene rings is 3. The highest BCUT2D eigenvalue weighted by atomic mass is 19.1. The summed E-state index contributed by atoms with van der Waals surface area (Å²) >= 11 is 0. The molecule has 2 aromatic heterocycles. The number of anilines is 1. The van der Waals surface area contributed by atoms with E-state index in [0.29, 0.717) is 22.3 Å². The summed E-state index contributed by atoms with van der Waals surface area (Å²) in [5, 5.41) is 16.5. The second-order valence-electron chi connectivity index (χ2n) is 8.50. The van der Waals surface area contributed by atoms with Crippen LogP contribution in [0, 0.1) is 5.82 Å². The van der Waals surface area contributed by atoms with Gasteiger partial charge in [-0.15, -0.1) is 0 Å². The molecular formula is C28H24FN5O3. The van der Waals surface area contributed by atoms with Crippen molar-refractivity contribution >= 4 is 22.6 Å². The Morgan fingerprint density at radius 3 is 2.57 bits per heavy atom. The number of para-hydroxylation sites is 1.